The SMILES string of the molecule is OOCc1csc(=S)[nH]1. The molecule has 0 saturated heterocycles. The van der Waals surface area contributed by atoms with Gasteiger partial charge in [-0.25, -0.2) is 4.89 Å². The van der Waals surface area contributed by atoms with Crippen LogP contribution in [0.15, 0.2) is 5.38 Å². The molecule has 3 nitrogen and oxygen atoms in total. The van der Waals surface area contributed by atoms with E-state index < -0.39 is 0 Å². The van der Waals surface area contributed by atoms with Crippen molar-refractivity contribution in [3.63, 3.8) is 0 Å². The number of hydrogen-bond acceptors (Lipinski definition) is 4. The second kappa shape index (κ2) is 3.07. The lowest BCUT2D eigenvalue weighted by Crippen LogP contribution is -1.85. The Balaban J connectivity index is 2.73. The Morgan fingerprint density at radius 1 is 1.89 bits per heavy atom. The Morgan fingerprint density at radius 2 is 2.67 bits per heavy atom. The molecule has 1 heterocycles. The molecule has 0 aliphatic carbocycles. The lowest BCUT2D eigenvalue weighted by atomic mass is 10.5. The van der Waals surface area contributed by atoms with E-state index in [4.69, 9.17) is 17.5 Å². The second-order valence-corrected chi connectivity index (χ2v) is 2.99. The average Bonchev–Trinajstić information content (AvgIpc) is 2.17. The molecule has 50 valence electrons. The fourth-order valence-corrected chi connectivity index (χ4v) is 1.30. The largest absolute Gasteiger partial charge is 0.339 e. The van der Waals surface area contributed by atoms with Gasteiger partial charge in [-0.05, 0) is 12.2 Å². The standard InChI is InChI=1S/C4H5NO2S2/c6-7-1-3-2-9-4(8)5-3/h2,6H,1H2,(H,5,8). The van der Waals surface area contributed by atoms with E-state index in [1.807, 2.05) is 0 Å². The Kier molecular flexibility index (Phi) is 2.35. The Labute approximate surface area is 60.9 Å². The highest BCUT2D eigenvalue weighted by molar-refractivity contribution is 7.73. The first-order valence-electron chi connectivity index (χ1n) is 2.26. The number of hydrogen-bond donors (Lipinski definition) is 2. The van der Waals surface area contributed by atoms with Gasteiger partial charge in [0.2, 0.25) is 0 Å². The fraction of sp³-hybridized carbons (Fsp3) is 0.250. The normalized spacial score (nSPS) is 9.89. The predicted molar refractivity (Wildman–Crippen MR) is 36.9 cm³/mol. The highest BCUT2D eigenvalue weighted by Gasteiger charge is 1.91. The summed E-state index contributed by atoms with van der Waals surface area (Å²) in [6, 6.07) is 0. The minimum atomic E-state index is 0.174. The van der Waals surface area contributed by atoms with Crippen LogP contribution in [0.4, 0.5) is 0 Å². The molecule has 5 heteroatoms. The molecule has 1 rings (SSSR count). The van der Waals surface area contributed by atoms with Crippen molar-refractivity contribution < 1.29 is 10.1 Å². The molecule has 0 aromatic carbocycles. The molecule has 0 radical (unpaired) electrons. The molecule has 1 aromatic rings. The second-order valence-electron chi connectivity index (χ2n) is 1.45. The maximum absolute atomic E-state index is 7.98. The first-order valence-corrected chi connectivity index (χ1v) is 3.55. The third-order valence-corrected chi connectivity index (χ3v) is 1.90. The molecular weight excluding hydrogens is 158 g/mol. The third kappa shape index (κ3) is 1.87. The van der Waals surface area contributed by atoms with Crippen LogP contribution in [0.1, 0.15) is 5.69 Å². The van der Waals surface area contributed by atoms with Gasteiger partial charge in [-0.1, -0.05) is 0 Å². The van der Waals surface area contributed by atoms with Crippen LogP contribution in [-0.2, 0) is 11.5 Å². The van der Waals surface area contributed by atoms with E-state index in [1.165, 1.54) is 11.3 Å². The molecule has 2 N–H and O–H groups in total. The van der Waals surface area contributed by atoms with E-state index in [1.54, 1.807) is 5.38 Å². The maximum Gasteiger partial charge on any atom is 0.158 e. The monoisotopic (exact) mass is 163 g/mol. The lowest BCUT2D eigenvalue weighted by Gasteiger charge is -1.87. The van der Waals surface area contributed by atoms with Crippen molar-refractivity contribution in [2.75, 3.05) is 0 Å². The van der Waals surface area contributed by atoms with Crippen molar-refractivity contribution in [3.8, 4) is 0 Å². The van der Waals surface area contributed by atoms with E-state index in [-0.39, 0.29) is 6.61 Å². The number of thiazole rings is 1. The van der Waals surface area contributed by atoms with Crippen molar-refractivity contribution >= 4 is 23.6 Å². The Morgan fingerprint density at radius 3 is 3.11 bits per heavy atom. The quantitative estimate of drug-likeness (QED) is 0.397. The predicted octanol–water partition coefficient (Wildman–Crippen LogP) is 1.80. The van der Waals surface area contributed by atoms with E-state index in [0.29, 0.717) is 3.95 Å². The molecule has 0 unspecified atom stereocenters. The first kappa shape index (κ1) is 6.88. The van der Waals surface area contributed by atoms with Crippen LogP contribution >= 0.6 is 23.6 Å². The van der Waals surface area contributed by atoms with Crippen LogP contribution < -0.4 is 0 Å². The Hall–Kier alpha value is -0.230. The minimum Gasteiger partial charge on any atom is -0.339 e. The number of rotatable bonds is 2. The van der Waals surface area contributed by atoms with E-state index in [0.717, 1.165) is 5.69 Å². The van der Waals surface area contributed by atoms with Gasteiger partial charge in [0.25, 0.3) is 0 Å². The topological polar surface area (TPSA) is 45.2 Å². The van der Waals surface area contributed by atoms with Gasteiger partial charge in [0.05, 0.1) is 5.69 Å². The number of aromatic nitrogens is 1. The molecule has 0 aliphatic heterocycles. The Bertz CT molecular complexity index is 228. The summed E-state index contributed by atoms with van der Waals surface area (Å²) in [4.78, 5) is 6.70. The van der Waals surface area contributed by atoms with Crippen molar-refractivity contribution in [2.24, 2.45) is 0 Å². The van der Waals surface area contributed by atoms with Crippen LogP contribution in [0.5, 0.6) is 0 Å². The number of H-pyrrole nitrogens is 1. The summed E-state index contributed by atoms with van der Waals surface area (Å²) < 4.78 is 0.696. The third-order valence-electron chi connectivity index (χ3n) is 0.791. The molecule has 0 atom stereocenters. The summed E-state index contributed by atoms with van der Waals surface area (Å²) in [5.74, 6) is 0. The van der Waals surface area contributed by atoms with Crippen molar-refractivity contribution in [1.82, 2.24) is 4.98 Å². The summed E-state index contributed by atoms with van der Waals surface area (Å²) in [5.41, 5.74) is 0.799. The molecule has 0 bridgehead atoms. The van der Waals surface area contributed by atoms with Crippen LogP contribution in [0.25, 0.3) is 0 Å². The maximum atomic E-state index is 7.98. The first-order chi connectivity index (χ1) is 4.33. The summed E-state index contributed by atoms with van der Waals surface area (Å²) in [6.45, 7) is 0.174. The van der Waals surface area contributed by atoms with Gasteiger partial charge >= 0.3 is 0 Å². The highest BCUT2D eigenvalue weighted by Crippen LogP contribution is 2.04. The van der Waals surface area contributed by atoms with E-state index in [9.17, 15) is 0 Å². The van der Waals surface area contributed by atoms with Gasteiger partial charge in [0.1, 0.15) is 6.61 Å². The summed E-state index contributed by atoms with van der Waals surface area (Å²) >= 11 is 6.19. The van der Waals surface area contributed by atoms with Crippen LogP contribution in [-0.4, -0.2) is 10.2 Å². The van der Waals surface area contributed by atoms with E-state index >= 15 is 0 Å². The summed E-state index contributed by atoms with van der Waals surface area (Å²) in [5, 5.41) is 9.78. The lowest BCUT2D eigenvalue weighted by molar-refractivity contribution is -0.253. The fourth-order valence-electron chi connectivity index (χ4n) is 0.454. The van der Waals surface area contributed by atoms with Crippen LogP contribution in [0, 0.1) is 3.95 Å². The zero-order chi connectivity index (χ0) is 6.69. The average molecular weight is 163 g/mol. The molecular formula is C4H5NO2S2. The number of aromatic amines is 1. The van der Waals surface area contributed by atoms with Crippen molar-refractivity contribution in [2.45, 2.75) is 6.61 Å². The summed E-state index contributed by atoms with van der Waals surface area (Å²) in [6.07, 6.45) is 0. The van der Waals surface area contributed by atoms with Gasteiger partial charge < -0.3 is 4.98 Å². The molecule has 0 aliphatic rings. The molecule has 1 aromatic heterocycles. The number of nitrogens with one attached hydrogen (secondary N) is 1. The molecule has 0 saturated carbocycles. The van der Waals surface area contributed by atoms with Crippen molar-refractivity contribution in [1.29, 1.82) is 0 Å². The van der Waals surface area contributed by atoms with E-state index in [2.05, 4.69) is 9.87 Å². The van der Waals surface area contributed by atoms with Gasteiger partial charge in [0.15, 0.2) is 3.95 Å². The summed E-state index contributed by atoms with van der Waals surface area (Å²) in [7, 11) is 0. The van der Waals surface area contributed by atoms with Crippen LogP contribution in [0.3, 0.4) is 0 Å². The highest BCUT2D eigenvalue weighted by atomic mass is 32.1. The molecule has 0 fully saturated rings. The zero-order valence-corrected chi connectivity index (χ0v) is 6.09. The van der Waals surface area contributed by atoms with Crippen molar-refractivity contribution in [3.05, 3.63) is 15.0 Å². The van der Waals surface area contributed by atoms with Crippen LogP contribution in [0.2, 0.25) is 0 Å². The molecule has 9 heavy (non-hydrogen) atoms. The minimum absolute atomic E-state index is 0.174. The smallest absolute Gasteiger partial charge is 0.158 e. The van der Waals surface area contributed by atoms with Gasteiger partial charge in [0, 0.05) is 5.38 Å². The zero-order valence-electron chi connectivity index (χ0n) is 4.46. The van der Waals surface area contributed by atoms with Gasteiger partial charge in [-0.3, -0.25) is 5.26 Å². The van der Waals surface area contributed by atoms with Gasteiger partial charge in [-0.2, -0.15) is 0 Å². The molecule has 0 amide bonds. The molecule has 0 spiro atoms. The van der Waals surface area contributed by atoms with Gasteiger partial charge in [-0.15, -0.1) is 11.3 Å².